The number of methoxy groups -OCH3 is 1. The van der Waals surface area contributed by atoms with Gasteiger partial charge in [0.1, 0.15) is 4.90 Å². The molecule has 8 nitrogen and oxygen atoms in total. The number of rotatable bonds is 10. The Morgan fingerprint density at radius 3 is 2.39 bits per heavy atom. The van der Waals surface area contributed by atoms with Crippen LogP contribution in [0.25, 0.3) is 0 Å². The highest BCUT2D eigenvalue weighted by molar-refractivity contribution is 7.89. The van der Waals surface area contributed by atoms with Gasteiger partial charge in [-0.2, -0.15) is 9.41 Å². The molecule has 1 N–H and O–H groups in total. The summed E-state index contributed by atoms with van der Waals surface area (Å²) >= 11 is 12.2. The molecule has 0 aliphatic rings. The highest BCUT2D eigenvalue weighted by Crippen LogP contribution is 2.28. The number of hydrazone groups is 1. The SMILES string of the molecule is COC(=O)c1ccc(/C=N\NC(=O)CN(CCc2ccccc2)S(=O)(=O)c2cc(Cl)ccc2Cl)cc1. The maximum Gasteiger partial charge on any atom is 0.337 e. The van der Waals surface area contributed by atoms with Crippen molar-refractivity contribution >= 4 is 51.3 Å². The van der Waals surface area contributed by atoms with Crippen molar-refractivity contribution in [2.75, 3.05) is 20.2 Å². The number of halogens is 2. The summed E-state index contributed by atoms with van der Waals surface area (Å²) in [5.74, 6) is -1.12. The third-order valence-electron chi connectivity index (χ3n) is 5.06. The summed E-state index contributed by atoms with van der Waals surface area (Å²) in [7, 11) is -2.86. The predicted octanol–water partition coefficient (Wildman–Crippen LogP) is 4.16. The van der Waals surface area contributed by atoms with Gasteiger partial charge in [0.25, 0.3) is 5.91 Å². The molecule has 0 bridgehead atoms. The molecule has 188 valence electrons. The minimum absolute atomic E-state index is 0.00191. The van der Waals surface area contributed by atoms with Gasteiger partial charge in [-0.25, -0.2) is 18.6 Å². The van der Waals surface area contributed by atoms with Gasteiger partial charge in [0, 0.05) is 11.6 Å². The molecule has 3 aromatic carbocycles. The van der Waals surface area contributed by atoms with E-state index in [4.69, 9.17) is 23.2 Å². The van der Waals surface area contributed by atoms with Crippen LogP contribution in [0, 0.1) is 0 Å². The summed E-state index contributed by atoms with van der Waals surface area (Å²) in [6.07, 6.45) is 1.75. The van der Waals surface area contributed by atoms with E-state index in [2.05, 4.69) is 15.3 Å². The van der Waals surface area contributed by atoms with Crippen molar-refractivity contribution in [1.82, 2.24) is 9.73 Å². The summed E-state index contributed by atoms with van der Waals surface area (Å²) in [6, 6.07) is 19.8. The molecule has 11 heteroatoms. The fraction of sp³-hybridized carbons (Fsp3) is 0.160. The molecule has 0 heterocycles. The van der Waals surface area contributed by atoms with E-state index in [1.54, 1.807) is 24.3 Å². The number of nitrogens with zero attached hydrogens (tertiary/aromatic N) is 2. The molecule has 0 spiro atoms. The van der Waals surface area contributed by atoms with E-state index in [0.29, 0.717) is 17.5 Å². The molecular formula is C25H23Cl2N3O5S. The number of ether oxygens (including phenoxy) is 1. The predicted molar refractivity (Wildman–Crippen MR) is 139 cm³/mol. The Hall–Kier alpha value is -3.24. The quantitative estimate of drug-likeness (QED) is 0.233. The standard InChI is InChI=1S/C25H23Cl2N3O5S/c1-35-25(32)20-9-7-19(8-10-20)16-28-29-24(31)17-30(14-13-18-5-3-2-4-6-18)36(33,34)23-15-21(26)11-12-22(23)27/h2-12,15-16H,13-14,17H2,1H3,(H,29,31)/b28-16-. The second-order valence-electron chi connectivity index (χ2n) is 7.56. The number of carbonyl (C=O) groups excluding carboxylic acids is 2. The lowest BCUT2D eigenvalue weighted by Crippen LogP contribution is -2.40. The summed E-state index contributed by atoms with van der Waals surface area (Å²) < 4.78 is 32.5. The van der Waals surface area contributed by atoms with Crippen molar-refractivity contribution < 1.29 is 22.7 Å². The Morgan fingerprint density at radius 2 is 1.72 bits per heavy atom. The summed E-state index contributed by atoms with van der Waals surface area (Å²) in [5, 5.41) is 4.08. The molecule has 0 fully saturated rings. The highest BCUT2D eigenvalue weighted by Gasteiger charge is 2.29. The lowest BCUT2D eigenvalue weighted by Gasteiger charge is -2.22. The maximum absolute atomic E-state index is 13.4. The van der Waals surface area contributed by atoms with E-state index in [0.717, 1.165) is 9.87 Å². The van der Waals surface area contributed by atoms with Gasteiger partial charge in [-0.15, -0.1) is 0 Å². The molecule has 0 aromatic heterocycles. The average Bonchev–Trinajstić information content (AvgIpc) is 2.88. The van der Waals surface area contributed by atoms with E-state index >= 15 is 0 Å². The monoisotopic (exact) mass is 547 g/mol. The lowest BCUT2D eigenvalue weighted by atomic mass is 10.1. The number of esters is 1. The molecule has 36 heavy (non-hydrogen) atoms. The van der Waals surface area contributed by atoms with E-state index in [9.17, 15) is 18.0 Å². The van der Waals surface area contributed by atoms with Gasteiger partial charge in [0.05, 0.1) is 30.5 Å². The van der Waals surface area contributed by atoms with Crippen LogP contribution in [0.1, 0.15) is 21.5 Å². The van der Waals surface area contributed by atoms with Crippen molar-refractivity contribution in [3.05, 3.63) is 99.5 Å². The molecule has 3 rings (SSSR count). The van der Waals surface area contributed by atoms with Gasteiger partial charge in [0.15, 0.2) is 0 Å². The Morgan fingerprint density at radius 1 is 1.03 bits per heavy atom. The fourth-order valence-electron chi connectivity index (χ4n) is 3.19. The van der Waals surface area contributed by atoms with Crippen LogP contribution in [-0.4, -0.2) is 51.0 Å². The third kappa shape index (κ3) is 7.38. The fourth-order valence-corrected chi connectivity index (χ4v) is 5.33. The topological polar surface area (TPSA) is 105 Å². The van der Waals surface area contributed by atoms with Crippen molar-refractivity contribution in [3.8, 4) is 0 Å². The minimum Gasteiger partial charge on any atom is -0.465 e. The first-order valence-corrected chi connectivity index (χ1v) is 12.9. The number of hydrogen-bond donors (Lipinski definition) is 1. The van der Waals surface area contributed by atoms with E-state index in [1.165, 1.54) is 31.5 Å². The minimum atomic E-state index is -4.15. The maximum atomic E-state index is 13.4. The van der Waals surface area contributed by atoms with E-state index < -0.39 is 28.4 Å². The first-order chi connectivity index (χ1) is 17.2. The molecule has 0 saturated carbocycles. The lowest BCUT2D eigenvalue weighted by molar-refractivity contribution is -0.121. The summed E-state index contributed by atoms with van der Waals surface area (Å²) in [6.45, 7) is -0.460. The molecule has 0 atom stereocenters. The number of amides is 1. The molecule has 3 aromatic rings. The Labute approximate surface area is 219 Å². The molecule has 1 amide bonds. The smallest absolute Gasteiger partial charge is 0.337 e. The zero-order chi connectivity index (χ0) is 26.1. The van der Waals surface area contributed by atoms with Crippen LogP contribution in [0.2, 0.25) is 10.0 Å². The number of carbonyl (C=O) groups is 2. The summed E-state index contributed by atoms with van der Waals surface area (Å²) in [4.78, 5) is 23.9. The van der Waals surface area contributed by atoms with Crippen molar-refractivity contribution in [2.45, 2.75) is 11.3 Å². The molecule has 0 unspecified atom stereocenters. The zero-order valence-corrected chi connectivity index (χ0v) is 21.6. The third-order valence-corrected chi connectivity index (χ3v) is 7.62. The molecule has 0 aliphatic heterocycles. The highest BCUT2D eigenvalue weighted by atomic mass is 35.5. The Kier molecular flexibility index (Phi) is 9.60. The van der Waals surface area contributed by atoms with Crippen molar-refractivity contribution in [3.63, 3.8) is 0 Å². The molecular weight excluding hydrogens is 525 g/mol. The molecule has 0 saturated heterocycles. The average molecular weight is 548 g/mol. The van der Waals surface area contributed by atoms with Crippen LogP contribution in [0.15, 0.2) is 82.8 Å². The second kappa shape index (κ2) is 12.6. The van der Waals surface area contributed by atoms with Crippen LogP contribution in [0.5, 0.6) is 0 Å². The normalized spacial score (nSPS) is 11.6. The van der Waals surface area contributed by atoms with Crippen LogP contribution in [0.3, 0.4) is 0 Å². The second-order valence-corrected chi connectivity index (χ2v) is 10.3. The van der Waals surface area contributed by atoms with Crippen molar-refractivity contribution in [2.24, 2.45) is 5.10 Å². The first-order valence-electron chi connectivity index (χ1n) is 10.7. The van der Waals surface area contributed by atoms with Gasteiger partial charge >= 0.3 is 5.97 Å². The van der Waals surface area contributed by atoms with Crippen molar-refractivity contribution in [1.29, 1.82) is 0 Å². The van der Waals surface area contributed by atoms with Crippen LogP contribution in [-0.2, 0) is 26.0 Å². The summed E-state index contributed by atoms with van der Waals surface area (Å²) in [5.41, 5.74) is 4.22. The number of nitrogens with one attached hydrogen (secondary N) is 1. The Balaban J connectivity index is 1.74. The van der Waals surface area contributed by atoms with Gasteiger partial charge in [-0.05, 0) is 47.9 Å². The van der Waals surface area contributed by atoms with Gasteiger partial charge in [-0.3, -0.25) is 4.79 Å². The van der Waals surface area contributed by atoms with Crippen LogP contribution in [0.4, 0.5) is 0 Å². The van der Waals surface area contributed by atoms with E-state index in [1.807, 2.05) is 30.3 Å². The number of hydrogen-bond acceptors (Lipinski definition) is 6. The van der Waals surface area contributed by atoms with E-state index in [-0.39, 0.29) is 21.5 Å². The van der Waals surface area contributed by atoms with Crippen LogP contribution < -0.4 is 5.43 Å². The Bertz CT molecular complexity index is 1350. The van der Waals surface area contributed by atoms with Gasteiger partial charge < -0.3 is 4.74 Å². The zero-order valence-electron chi connectivity index (χ0n) is 19.2. The first kappa shape index (κ1) is 27.3. The molecule has 0 radical (unpaired) electrons. The number of benzene rings is 3. The molecule has 0 aliphatic carbocycles. The van der Waals surface area contributed by atoms with Crippen LogP contribution >= 0.6 is 23.2 Å². The largest absolute Gasteiger partial charge is 0.465 e. The van der Waals surface area contributed by atoms with Gasteiger partial charge in [0.2, 0.25) is 10.0 Å². The number of sulfonamides is 1. The van der Waals surface area contributed by atoms with Gasteiger partial charge in [-0.1, -0.05) is 65.7 Å².